The third kappa shape index (κ3) is 3.99. The highest BCUT2D eigenvalue weighted by Crippen LogP contribution is 2.60. The van der Waals surface area contributed by atoms with Gasteiger partial charge in [-0.1, -0.05) is 57.2 Å². The summed E-state index contributed by atoms with van der Waals surface area (Å²) < 4.78 is 0. The minimum absolute atomic E-state index is 0.189. The lowest BCUT2D eigenvalue weighted by molar-refractivity contribution is -0.127. The predicted octanol–water partition coefficient (Wildman–Crippen LogP) is 8.79. The number of ketones is 1. The molecule has 1 aromatic rings. The van der Waals surface area contributed by atoms with Gasteiger partial charge in [-0.05, 0) is 106 Å². The van der Waals surface area contributed by atoms with Crippen molar-refractivity contribution < 1.29 is 9.90 Å². The molecule has 3 aliphatic rings. The van der Waals surface area contributed by atoms with E-state index in [4.69, 9.17) is 0 Å². The molecule has 0 heterocycles. The first kappa shape index (κ1) is 26.8. The summed E-state index contributed by atoms with van der Waals surface area (Å²) in [5.41, 5.74) is 8.70. The topological polar surface area (TPSA) is 37.3 Å². The molecule has 1 aromatic carbocycles. The van der Waals surface area contributed by atoms with Crippen LogP contribution in [-0.4, -0.2) is 16.1 Å². The predicted molar refractivity (Wildman–Crippen MR) is 154 cm³/mol. The van der Waals surface area contributed by atoms with Gasteiger partial charge in [0.2, 0.25) is 0 Å². The van der Waals surface area contributed by atoms with E-state index < -0.39 is 5.41 Å². The van der Waals surface area contributed by atoms with Gasteiger partial charge in [0, 0.05) is 16.4 Å². The second-order valence-corrected chi connectivity index (χ2v) is 12.9. The second-order valence-electron chi connectivity index (χ2n) is 11.6. The molecule has 0 radical (unpaired) electrons. The Bertz CT molecular complexity index is 1240. The van der Waals surface area contributed by atoms with Crippen LogP contribution in [0.1, 0.15) is 77.5 Å². The minimum atomic E-state index is -0.572. The monoisotopic (exact) mass is 502 g/mol. The van der Waals surface area contributed by atoms with E-state index in [-0.39, 0.29) is 17.0 Å². The first-order valence-electron chi connectivity index (χ1n) is 13.3. The average molecular weight is 503 g/mol. The number of phenolic OH excluding ortho intramolecular Hbond substituents is 1. The number of benzene rings is 1. The van der Waals surface area contributed by atoms with E-state index in [0.717, 1.165) is 64.0 Å². The van der Waals surface area contributed by atoms with Crippen molar-refractivity contribution in [1.29, 1.82) is 0 Å². The number of fused-ring (bicyclic) bond motifs is 3. The number of allylic oxidation sites excluding steroid dienone is 6. The molecule has 3 unspecified atom stereocenters. The summed E-state index contributed by atoms with van der Waals surface area (Å²) >= 11 is 1.71. The maximum Gasteiger partial charge on any atom is 0.173 e. The highest BCUT2D eigenvalue weighted by molar-refractivity contribution is 8.00. The van der Waals surface area contributed by atoms with Crippen LogP contribution in [0, 0.1) is 30.1 Å². The summed E-state index contributed by atoms with van der Waals surface area (Å²) in [7, 11) is 0. The van der Waals surface area contributed by atoms with Crippen molar-refractivity contribution in [3.05, 3.63) is 76.4 Å². The van der Waals surface area contributed by atoms with E-state index in [2.05, 4.69) is 73.4 Å². The highest BCUT2D eigenvalue weighted by atomic mass is 32.2. The van der Waals surface area contributed by atoms with Crippen molar-refractivity contribution >= 4 is 23.1 Å². The van der Waals surface area contributed by atoms with Crippen LogP contribution in [0.2, 0.25) is 0 Å². The first-order valence-corrected chi connectivity index (χ1v) is 14.2. The zero-order valence-electron chi connectivity index (χ0n) is 23.2. The molecule has 5 atom stereocenters. The molecule has 36 heavy (non-hydrogen) atoms. The summed E-state index contributed by atoms with van der Waals surface area (Å²) in [6.07, 6.45) is 6.09. The number of aryl methyl sites for hydroxylation is 1. The number of aromatic hydroxyl groups is 1. The molecular formula is C33H42O2S. The van der Waals surface area contributed by atoms with Gasteiger partial charge in [-0.3, -0.25) is 4.79 Å². The summed E-state index contributed by atoms with van der Waals surface area (Å²) in [5.74, 6) is 1.40. The maximum absolute atomic E-state index is 13.9. The first-order chi connectivity index (χ1) is 16.8. The Balaban J connectivity index is 1.84. The van der Waals surface area contributed by atoms with Crippen molar-refractivity contribution in [2.45, 2.75) is 84.3 Å². The van der Waals surface area contributed by atoms with E-state index in [1.807, 2.05) is 6.92 Å². The lowest BCUT2D eigenvalue weighted by Crippen LogP contribution is -2.49. The van der Waals surface area contributed by atoms with Gasteiger partial charge < -0.3 is 5.11 Å². The quantitative estimate of drug-likeness (QED) is 0.312. The van der Waals surface area contributed by atoms with E-state index in [0.29, 0.717) is 17.6 Å². The fourth-order valence-electron chi connectivity index (χ4n) is 7.03. The molecule has 0 aliphatic heterocycles. The van der Waals surface area contributed by atoms with Gasteiger partial charge in [0.05, 0.1) is 10.3 Å². The van der Waals surface area contributed by atoms with Crippen molar-refractivity contribution in [1.82, 2.24) is 0 Å². The molecule has 0 saturated heterocycles. The molecular weight excluding hydrogens is 460 g/mol. The van der Waals surface area contributed by atoms with Crippen LogP contribution in [0.3, 0.4) is 0 Å². The van der Waals surface area contributed by atoms with Gasteiger partial charge >= 0.3 is 0 Å². The van der Waals surface area contributed by atoms with E-state index in [1.54, 1.807) is 11.8 Å². The summed E-state index contributed by atoms with van der Waals surface area (Å²) in [6.45, 7) is 27.7. The molecule has 0 saturated carbocycles. The average Bonchev–Trinajstić information content (AvgIpc) is 2.80. The normalized spacial score (nSPS) is 28.2. The SMILES string of the molecule is C=C(C)C1=C[C@@H](C)C2CC3Cc4c(C)cc(SC(CCC)C(=C)C)c(O)c4C(=C)C3=C(C)[C@]2(C)C1=O. The van der Waals surface area contributed by atoms with Gasteiger partial charge in [-0.15, -0.1) is 11.8 Å². The Labute approximate surface area is 222 Å². The van der Waals surface area contributed by atoms with Crippen LogP contribution in [0.4, 0.5) is 0 Å². The molecule has 4 rings (SSSR count). The summed E-state index contributed by atoms with van der Waals surface area (Å²) in [5, 5.41) is 11.9. The molecule has 0 amide bonds. The number of rotatable bonds is 6. The number of hydrogen-bond acceptors (Lipinski definition) is 3. The summed E-state index contributed by atoms with van der Waals surface area (Å²) in [4.78, 5) is 14.8. The number of hydrogen-bond donors (Lipinski definition) is 1. The standard InChI is InChI=1S/C33H42O2S/c1-11-12-27(18(4)5)36-28-14-19(6)25-15-23-16-26-20(7)13-24(17(2)3)32(35)33(26,10)22(9)29(23)21(8)30(25)31(28)34/h13-14,20,23,26-27,34H,2,4,8,11-12,15-16H2,1,3,5-7,9-10H3/t20-,23?,26?,27?,33+/m1/s1. The fourth-order valence-corrected chi connectivity index (χ4v) is 8.35. The largest absolute Gasteiger partial charge is 0.506 e. The van der Waals surface area contributed by atoms with Crippen molar-refractivity contribution in [2.75, 3.05) is 0 Å². The zero-order valence-corrected chi connectivity index (χ0v) is 24.0. The van der Waals surface area contributed by atoms with Crippen molar-refractivity contribution in [3.8, 4) is 5.75 Å². The number of phenols is 1. The van der Waals surface area contributed by atoms with Gasteiger partial charge in [0.25, 0.3) is 0 Å². The van der Waals surface area contributed by atoms with Crippen LogP contribution in [0.25, 0.3) is 5.57 Å². The number of carbonyl (C=O) groups excluding carboxylic acids is 1. The van der Waals surface area contributed by atoms with Crippen LogP contribution < -0.4 is 0 Å². The van der Waals surface area contributed by atoms with E-state index >= 15 is 0 Å². The van der Waals surface area contributed by atoms with Gasteiger partial charge in [-0.2, -0.15) is 0 Å². The van der Waals surface area contributed by atoms with E-state index in [1.165, 1.54) is 16.7 Å². The zero-order chi connectivity index (χ0) is 26.7. The van der Waals surface area contributed by atoms with Crippen LogP contribution >= 0.6 is 11.8 Å². The van der Waals surface area contributed by atoms with Crippen LogP contribution in [0.5, 0.6) is 5.75 Å². The number of Topliss-reactive ketones (excluding diaryl/α,β-unsaturated/α-hetero) is 1. The molecule has 3 heteroatoms. The van der Waals surface area contributed by atoms with Crippen molar-refractivity contribution in [2.24, 2.45) is 23.2 Å². The molecule has 0 spiro atoms. The Morgan fingerprint density at radius 3 is 2.53 bits per heavy atom. The van der Waals surface area contributed by atoms with Gasteiger partial charge in [0.15, 0.2) is 5.78 Å². The highest BCUT2D eigenvalue weighted by Gasteiger charge is 2.54. The minimum Gasteiger partial charge on any atom is -0.506 e. The van der Waals surface area contributed by atoms with Gasteiger partial charge in [0.1, 0.15) is 5.75 Å². The molecule has 3 aliphatic carbocycles. The Morgan fingerprint density at radius 1 is 1.28 bits per heavy atom. The van der Waals surface area contributed by atoms with Crippen LogP contribution in [-0.2, 0) is 11.2 Å². The molecule has 1 N–H and O–H groups in total. The van der Waals surface area contributed by atoms with E-state index in [9.17, 15) is 9.90 Å². The third-order valence-corrected chi connectivity index (χ3v) is 10.6. The third-order valence-electron chi connectivity index (χ3n) is 9.15. The molecule has 2 nitrogen and oxygen atoms in total. The number of thioether (sulfide) groups is 1. The number of carbonyl (C=O) groups is 1. The molecule has 0 aromatic heterocycles. The Morgan fingerprint density at radius 2 is 1.94 bits per heavy atom. The fraction of sp³-hybridized carbons (Fsp3) is 0.485. The molecule has 0 bridgehead atoms. The Hall–Kier alpha value is -2.26. The molecule has 0 fully saturated rings. The van der Waals surface area contributed by atoms with Gasteiger partial charge in [-0.25, -0.2) is 0 Å². The second kappa shape index (κ2) is 9.56. The maximum atomic E-state index is 13.9. The lowest BCUT2D eigenvalue weighted by Gasteiger charge is -2.52. The lowest BCUT2D eigenvalue weighted by atomic mass is 9.51. The summed E-state index contributed by atoms with van der Waals surface area (Å²) in [6, 6.07) is 2.15. The van der Waals surface area contributed by atoms with Crippen LogP contribution in [0.15, 0.2) is 64.6 Å². The smallest absolute Gasteiger partial charge is 0.173 e. The Kier molecular flexibility index (Phi) is 7.11. The molecule has 192 valence electrons. The van der Waals surface area contributed by atoms with Crippen molar-refractivity contribution in [3.63, 3.8) is 0 Å².